The third-order valence-corrected chi connectivity index (χ3v) is 4.01. The third-order valence-electron chi connectivity index (χ3n) is 3.01. The molecule has 2 heterocycles. The van der Waals surface area contributed by atoms with Gasteiger partial charge < -0.3 is 4.57 Å². The van der Waals surface area contributed by atoms with E-state index in [0.717, 1.165) is 17.0 Å². The average molecular weight is 279 g/mol. The molecular weight excluding hydrogens is 262 g/mol. The zero-order valence-corrected chi connectivity index (χ0v) is 11.9. The summed E-state index contributed by atoms with van der Waals surface area (Å²) in [6.45, 7) is 4.99. The fourth-order valence-electron chi connectivity index (χ4n) is 1.95. The molecule has 0 saturated carbocycles. The van der Waals surface area contributed by atoms with E-state index in [9.17, 15) is 9.59 Å². The summed E-state index contributed by atoms with van der Waals surface area (Å²) in [4.78, 5) is 29.2. The van der Waals surface area contributed by atoms with Crippen molar-refractivity contribution < 1.29 is 0 Å². The maximum absolute atomic E-state index is 12.1. The Morgan fingerprint density at radius 1 is 1.32 bits per heavy atom. The first-order chi connectivity index (χ1) is 9.13. The van der Waals surface area contributed by atoms with Gasteiger partial charge in [-0.2, -0.15) is 0 Å². The van der Waals surface area contributed by atoms with Crippen molar-refractivity contribution in [3.05, 3.63) is 49.2 Å². The van der Waals surface area contributed by atoms with Crippen molar-refractivity contribution >= 4 is 11.3 Å². The van der Waals surface area contributed by atoms with E-state index in [2.05, 4.69) is 4.98 Å². The summed E-state index contributed by atoms with van der Waals surface area (Å²) in [6.07, 6.45) is 3.11. The molecule has 0 aromatic carbocycles. The molecule has 0 bridgehead atoms. The smallest absolute Gasteiger partial charge is 0.300 e. The summed E-state index contributed by atoms with van der Waals surface area (Å²) in [6, 6.07) is 1.45. The molecule has 2 aromatic heterocycles. The van der Waals surface area contributed by atoms with Gasteiger partial charge in [-0.05, 0) is 13.3 Å². The van der Waals surface area contributed by atoms with Gasteiger partial charge in [0.1, 0.15) is 0 Å². The van der Waals surface area contributed by atoms with E-state index in [0.29, 0.717) is 19.5 Å². The minimum atomic E-state index is -0.237. The van der Waals surface area contributed by atoms with E-state index in [1.807, 2.05) is 13.8 Å². The Morgan fingerprint density at radius 2 is 2.11 bits per heavy atom. The zero-order valence-electron chi connectivity index (χ0n) is 11.1. The van der Waals surface area contributed by atoms with Crippen LogP contribution in [0.25, 0.3) is 0 Å². The summed E-state index contributed by atoms with van der Waals surface area (Å²) < 4.78 is 2.88. The molecule has 2 rings (SSSR count). The van der Waals surface area contributed by atoms with Crippen LogP contribution in [-0.4, -0.2) is 14.1 Å². The van der Waals surface area contributed by atoms with Gasteiger partial charge in [0, 0.05) is 36.7 Å². The van der Waals surface area contributed by atoms with Gasteiger partial charge in [0.2, 0.25) is 0 Å². The molecule has 0 aliphatic carbocycles. The van der Waals surface area contributed by atoms with Gasteiger partial charge in [0.15, 0.2) is 0 Å². The number of hydrogen-bond acceptors (Lipinski definition) is 4. The summed E-state index contributed by atoms with van der Waals surface area (Å²) in [5.41, 5.74) is 2.30. The van der Waals surface area contributed by atoms with E-state index >= 15 is 0 Å². The average Bonchev–Trinajstić information content (AvgIpc) is 2.79. The van der Waals surface area contributed by atoms with Crippen molar-refractivity contribution in [2.24, 2.45) is 0 Å². The molecule has 5 nitrogen and oxygen atoms in total. The van der Waals surface area contributed by atoms with Crippen LogP contribution in [0, 0.1) is 6.92 Å². The molecule has 0 fully saturated rings. The molecule has 19 heavy (non-hydrogen) atoms. The van der Waals surface area contributed by atoms with Crippen LogP contribution in [0.1, 0.15) is 23.9 Å². The fourth-order valence-corrected chi connectivity index (χ4v) is 2.72. The molecule has 0 amide bonds. The molecule has 0 saturated heterocycles. The Hall–Kier alpha value is -1.69. The maximum atomic E-state index is 12.1. The quantitative estimate of drug-likeness (QED) is 0.832. The van der Waals surface area contributed by atoms with E-state index in [-0.39, 0.29) is 11.2 Å². The minimum absolute atomic E-state index is 0.225. The number of aromatic nitrogens is 3. The Morgan fingerprint density at radius 3 is 2.74 bits per heavy atom. The SMILES string of the molecule is CCCn1ccc(=O)n(CCc2scnc2C)c1=O. The lowest BCUT2D eigenvalue weighted by atomic mass is 10.3. The molecule has 0 radical (unpaired) electrons. The summed E-state index contributed by atoms with van der Waals surface area (Å²) in [5, 5.41) is 0. The van der Waals surface area contributed by atoms with Crippen molar-refractivity contribution in [1.29, 1.82) is 0 Å². The molecule has 0 aliphatic heterocycles. The van der Waals surface area contributed by atoms with Crippen LogP contribution in [0.2, 0.25) is 0 Å². The van der Waals surface area contributed by atoms with E-state index in [4.69, 9.17) is 0 Å². The van der Waals surface area contributed by atoms with Crippen molar-refractivity contribution in [3.63, 3.8) is 0 Å². The Kier molecular flexibility index (Phi) is 4.31. The van der Waals surface area contributed by atoms with Gasteiger partial charge in [0.25, 0.3) is 5.56 Å². The standard InChI is InChI=1S/C13H17N3O2S/c1-3-6-15-7-5-12(17)16(13(15)18)8-4-11-10(2)14-9-19-11/h5,7,9H,3-4,6,8H2,1-2H3. The maximum Gasteiger partial charge on any atom is 0.330 e. The lowest BCUT2D eigenvalue weighted by molar-refractivity contribution is 0.546. The Bertz CT molecular complexity index is 669. The van der Waals surface area contributed by atoms with Gasteiger partial charge >= 0.3 is 5.69 Å². The lowest BCUT2D eigenvalue weighted by Crippen LogP contribution is -2.39. The van der Waals surface area contributed by atoms with E-state index < -0.39 is 0 Å². The number of rotatable bonds is 5. The molecule has 0 spiro atoms. The van der Waals surface area contributed by atoms with Crippen LogP contribution in [0.3, 0.4) is 0 Å². The molecule has 102 valence electrons. The summed E-state index contributed by atoms with van der Waals surface area (Å²) in [5.74, 6) is 0. The normalized spacial score (nSPS) is 10.8. The van der Waals surface area contributed by atoms with Crippen molar-refractivity contribution in [2.45, 2.75) is 39.8 Å². The van der Waals surface area contributed by atoms with Gasteiger partial charge in [0.05, 0.1) is 11.2 Å². The monoisotopic (exact) mass is 279 g/mol. The Labute approximate surface area is 115 Å². The first-order valence-corrected chi connectivity index (χ1v) is 7.20. The summed E-state index contributed by atoms with van der Waals surface area (Å²) in [7, 11) is 0. The first-order valence-electron chi connectivity index (χ1n) is 6.32. The highest BCUT2D eigenvalue weighted by Gasteiger charge is 2.07. The van der Waals surface area contributed by atoms with Crippen molar-refractivity contribution in [2.75, 3.05) is 0 Å². The van der Waals surface area contributed by atoms with Crippen molar-refractivity contribution in [1.82, 2.24) is 14.1 Å². The van der Waals surface area contributed by atoms with Gasteiger partial charge in [-0.3, -0.25) is 9.36 Å². The largest absolute Gasteiger partial charge is 0.330 e. The molecule has 2 aromatic rings. The molecule has 0 unspecified atom stereocenters. The van der Waals surface area contributed by atoms with E-state index in [1.165, 1.54) is 10.6 Å². The van der Waals surface area contributed by atoms with Crippen LogP contribution in [0.4, 0.5) is 0 Å². The highest BCUT2D eigenvalue weighted by Crippen LogP contribution is 2.12. The molecule has 0 aliphatic rings. The number of nitrogens with zero attached hydrogens (tertiary/aromatic N) is 3. The Balaban J connectivity index is 2.25. The highest BCUT2D eigenvalue weighted by atomic mass is 32.1. The molecule has 0 N–H and O–H groups in total. The van der Waals surface area contributed by atoms with Crippen LogP contribution in [-0.2, 0) is 19.5 Å². The predicted molar refractivity (Wildman–Crippen MR) is 75.8 cm³/mol. The number of aryl methyl sites for hydroxylation is 3. The van der Waals surface area contributed by atoms with Gasteiger partial charge in [-0.15, -0.1) is 11.3 Å². The molecular formula is C13H17N3O2S. The minimum Gasteiger partial charge on any atom is -0.300 e. The van der Waals surface area contributed by atoms with Crippen LogP contribution < -0.4 is 11.2 Å². The zero-order chi connectivity index (χ0) is 13.8. The second-order valence-electron chi connectivity index (χ2n) is 4.39. The topological polar surface area (TPSA) is 56.9 Å². The predicted octanol–water partition coefficient (Wildman–Crippen LogP) is 1.43. The number of hydrogen-bond donors (Lipinski definition) is 0. The van der Waals surface area contributed by atoms with Crippen LogP contribution in [0.5, 0.6) is 0 Å². The van der Waals surface area contributed by atoms with E-state index in [1.54, 1.807) is 27.6 Å². The summed E-state index contributed by atoms with van der Waals surface area (Å²) >= 11 is 1.56. The molecule has 0 atom stereocenters. The fraction of sp³-hybridized carbons (Fsp3) is 0.462. The number of thiazole rings is 1. The van der Waals surface area contributed by atoms with Crippen LogP contribution in [0.15, 0.2) is 27.4 Å². The first kappa shape index (κ1) is 13.7. The molecule has 6 heteroatoms. The highest BCUT2D eigenvalue weighted by molar-refractivity contribution is 7.09. The second-order valence-corrected chi connectivity index (χ2v) is 5.33. The van der Waals surface area contributed by atoms with Gasteiger partial charge in [-0.1, -0.05) is 6.92 Å². The van der Waals surface area contributed by atoms with Gasteiger partial charge in [-0.25, -0.2) is 9.78 Å². The lowest BCUT2D eigenvalue weighted by Gasteiger charge is -2.08. The van der Waals surface area contributed by atoms with Crippen LogP contribution >= 0.6 is 11.3 Å². The third kappa shape index (κ3) is 3.01. The van der Waals surface area contributed by atoms with Crippen molar-refractivity contribution in [3.8, 4) is 0 Å². The second kappa shape index (κ2) is 5.97.